The average Bonchev–Trinajstić information content (AvgIpc) is 2.61. The van der Waals surface area contributed by atoms with Gasteiger partial charge in [0.25, 0.3) is 5.69 Å². The number of benzene rings is 1. The SMILES string of the molecule is CC1CCC(N(CCN(C)C)C(=O)/C=C/c2cccc([N+](=O)[O-])c2)CC1.Cl. The van der Waals surface area contributed by atoms with Crippen molar-refractivity contribution in [1.82, 2.24) is 9.80 Å². The van der Waals surface area contributed by atoms with Crippen LogP contribution >= 0.6 is 12.4 Å². The molecule has 0 atom stereocenters. The number of carbonyl (C=O) groups excluding carboxylic acids is 1. The van der Waals surface area contributed by atoms with Crippen molar-refractivity contribution in [2.75, 3.05) is 27.2 Å². The normalized spacial score (nSPS) is 19.7. The van der Waals surface area contributed by atoms with Gasteiger partial charge >= 0.3 is 0 Å². The molecular weight excluding hydrogens is 366 g/mol. The van der Waals surface area contributed by atoms with Crippen LogP contribution in [-0.4, -0.2) is 53.9 Å². The van der Waals surface area contributed by atoms with Gasteiger partial charge in [0.1, 0.15) is 0 Å². The summed E-state index contributed by atoms with van der Waals surface area (Å²) in [5.74, 6) is 0.718. The van der Waals surface area contributed by atoms with Crippen LogP contribution in [0, 0.1) is 16.0 Å². The number of rotatable bonds is 7. The molecule has 1 amide bonds. The van der Waals surface area contributed by atoms with Crippen molar-refractivity contribution in [2.24, 2.45) is 5.92 Å². The van der Waals surface area contributed by atoms with Gasteiger partial charge < -0.3 is 9.80 Å². The lowest BCUT2D eigenvalue weighted by Gasteiger charge is -2.36. The predicted octanol–water partition coefficient (Wildman–Crippen LogP) is 4.00. The van der Waals surface area contributed by atoms with E-state index in [0.717, 1.165) is 38.1 Å². The number of likely N-dealkylation sites (N-methyl/N-ethyl adjacent to an activating group) is 1. The number of non-ortho nitro benzene ring substituents is 1. The Hall–Kier alpha value is -1.92. The van der Waals surface area contributed by atoms with E-state index in [4.69, 9.17) is 0 Å². The van der Waals surface area contributed by atoms with Crippen molar-refractivity contribution in [1.29, 1.82) is 0 Å². The molecule has 0 aromatic heterocycles. The fourth-order valence-corrected chi connectivity index (χ4v) is 3.34. The summed E-state index contributed by atoms with van der Waals surface area (Å²) in [5.41, 5.74) is 0.697. The fraction of sp³-hybridized carbons (Fsp3) is 0.550. The molecule has 27 heavy (non-hydrogen) atoms. The Bertz CT molecular complexity index is 656. The Morgan fingerprint density at radius 3 is 2.48 bits per heavy atom. The Morgan fingerprint density at radius 2 is 1.89 bits per heavy atom. The van der Waals surface area contributed by atoms with Crippen LogP contribution in [0.25, 0.3) is 6.08 Å². The zero-order valence-electron chi connectivity index (χ0n) is 16.3. The molecule has 150 valence electrons. The highest BCUT2D eigenvalue weighted by Crippen LogP contribution is 2.27. The number of nitro benzene ring substituents is 1. The summed E-state index contributed by atoms with van der Waals surface area (Å²) < 4.78 is 0. The van der Waals surface area contributed by atoms with Gasteiger partial charge in [-0.15, -0.1) is 12.4 Å². The van der Waals surface area contributed by atoms with Crippen LogP contribution in [0.15, 0.2) is 30.3 Å². The highest BCUT2D eigenvalue weighted by atomic mass is 35.5. The molecule has 1 aromatic carbocycles. The largest absolute Gasteiger partial charge is 0.335 e. The molecular formula is C20H30ClN3O3. The van der Waals surface area contributed by atoms with E-state index in [1.807, 2.05) is 19.0 Å². The number of nitro groups is 1. The Morgan fingerprint density at radius 1 is 1.22 bits per heavy atom. The molecule has 0 spiro atoms. The molecule has 1 aliphatic rings. The van der Waals surface area contributed by atoms with Gasteiger partial charge in [-0.25, -0.2) is 0 Å². The topological polar surface area (TPSA) is 66.7 Å². The molecule has 0 radical (unpaired) electrons. The molecule has 1 aliphatic carbocycles. The number of amides is 1. The van der Waals surface area contributed by atoms with Crippen LogP contribution in [0.1, 0.15) is 38.2 Å². The van der Waals surface area contributed by atoms with E-state index in [0.29, 0.717) is 12.1 Å². The van der Waals surface area contributed by atoms with Crippen molar-refractivity contribution in [3.63, 3.8) is 0 Å². The van der Waals surface area contributed by atoms with Gasteiger partial charge in [-0.1, -0.05) is 19.1 Å². The van der Waals surface area contributed by atoms with Gasteiger partial charge in [0, 0.05) is 37.3 Å². The maximum absolute atomic E-state index is 12.8. The minimum absolute atomic E-state index is 0. The zero-order chi connectivity index (χ0) is 19.1. The first-order valence-corrected chi connectivity index (χ1v) is 9.24. The highest BCUT2D eigenvalue weighted by Gasteiger charge is 2.26. The van der Waals surface area contributed by atoms with Crippen LogP contribution in [0.4, 0.5) is 5.69 Å². The summed E-state index contributed by atoms with van der Waals surface area (Å²) in [6, 6.07) is 6.62. The minimum Gasteiger partial charge on any atom is -0.335 e. The van der Waals surface area contributed by atoms with Gasteiger partial charge in [-0.2, -0.15) is 0 Å². The van der Waals surface area contributed by atoms with Crippen molar-refractivity contribution >= 4 is 30.1 Å². The molecule has 0 saturated heterocycles. The van der Waals surface area contributed by atoms with Gasteiger partial charge in [-0.3, -0.25) is 14.9 Å². The highest BCUT2D eigenvalue weighted by molar-refractivity contribution is 5.92. The molecule has 0 heterocycles. The maximum atomic E-state index is 12.8. The summed E-state index contributed by atoms with van der Waals surface area (Å²) in [4.78, 5) is 27.3. The second kappa shape index (κ2) is 11.0. The molecule has 2 rings (SSSR count). The predicted molar refractivity (Wildman–Crippen MR) is 111 cm³/mol. The van der Waals surface area contributed by atoms with Gasteiger partial charge in [0.05, 0.1) is 4.92 Å². The third-order valence-corrected chi connectivity index (χ3v) is 5.00. The molecule has 7 heteroatoms. The van der Waals surface area contributed by atoms with Crippen LogP contribution in [0.2, 0.25) is 0 Å². The molecule has 0 N–H and O–H groups in total. The van der Waals surface area contributed by atoms with E-state index in [1.54, 1.807) is 24.3 Å². The molecule has 1 aromatic rings. The van der Waals surface area contributed by atoms with Gasteiger partial charge in [-0.05, 0) is 57.3 Å². The molecule has 0 unspecified atom stereocenters. The molecule has 1 fully saturated rings. The van der Waals surface area contributed by atoms with Crippen molar-refractivity contribution < 1.29 is 9.72 Å². The molecule has 1 saturated carbocycles. The summed E-state index contributed by atoms with van der Waals surface area (Å²) in [6.45, 7) is 3.79. The van der Waals surface area contributed by atoms with Crippen molar-refractivity contribution in [3.8, 4) is 0 Å². The molecule has 0 aliphatic heterocycles. The Kier molecular flexibility index (Phi) is 9.46. The lowest BCUT2D eigenvalue weighted by Crippen LogP contribution is -2.44. The second-order valence-corrected chi connectivity index (χ2v) is 7.43. The van der Waals surface area contributed by atoms with Crippen LogP contribution in [0.5, 0.6) is 0 Å². The fourth-order valence-electron chi connectivity index (χ4n) is 3.34. The van der Waals surface area contributed by atoms with Crippen molar-refractivity contribution in [3.05, 3.63) is 46.0 Å². The van der Waals surface area contributed by atoms with E-state index in [9.17, 15) is 14.9 Å². The quantitative estimate of drug-likeness (QED) is 0.397. The third-order valence-electron chi connectivity index (χ3n) is 5.00. The zero-order valence-corrected chi connectivity index (χ0v) is 17.2. The maximum Gasteiger partial charge on any atom is 0.270 e. The first-order valence-electron chi connectivity index (χ1n) is 9.24. The monoisotopic (exact) mass is 395 g/mol. The third kappa shape index (κ3) is 7.31. The first kappa shape index (κ1) is 23.1. The number of hydrogen-bond donors (Lipinski definition) is 0. The summed E-state index contributed by atoms with van der Waals surface area (Å²) in [7, 11) is 4.01. The lowest BCUT2D eigenvalue weighted by molar-refractivity contribution is -0.384. The lowest BCUT2D eigenvalue weighted by atomic mass is 9.86. The number of carbonyl (C=O) groups is 1. The van der Waals surface area contributed by atoms with Crippen LogP contribution in [-0.2, 0) is 4.79 Å². The number of halogens is 1. The number of hydrogen-bond acceptors (Lipinski definition) is 4. The smallest absolute Gasteiger partial charge is 0.270 e. The Labute approximate surface area is 167 Å². The summed E-state index contributed by atoms with van der Waals surface area (Å²) in [6.07, 6.45) is 7.63. The minimum atomic E-state index is -0.425. The summed E-state index contributed by atoms with van der Waals surface area (Å²) >= 11 is 0. The van der Waals surface area contributed by atoms with Gasteiger partial charge in [0.2, 0.25) is 5.91 Å². The van der Waals surface area contributed by atoms with E-state index in [1.165, 1.54) is 12.1 Å². The van der Waals surface area contributed by atoms with Gasteiger partial charge in [0.15, 0.2) is 0 Å². The van der Waals surface area contributed by atoms with E-state index in [2.05, 4.69) is 11.8 Å². The molecule has 6 nitrogen and oxygen atoms in total. The number of nitrogens with zero attached hydrogens (tertiary/aromatic N) is 3. The van der Waals surface area contributed by atoms with E-state index in [-0.39, 0.29) is 30.0 Å². The van der Waals surface area contributed by atoms with E-state index >= 15 is 0 Å². The average molecular weight is 396 g/mol. The van der Waals surface area contributed by atoms with Crippen molar-refractivity contribution in [2.45, 2.75) is 38.6 Å². The van der Waals surface area contributed by atoms with Crippen LogP contribution in [0.3, 0.4) is 0 Å². The molecule has 0 bridgehead atoms. The standard InChI is InChI=1S/C20H29N3O3.ClH/c1-16-7-10-18(11-8-16)22(14-13-21(2)3)20(24)12-9-17-5-4-6-19(15-17)23(25)26;/h4-6,9,12,15-16,18H,7-8,10-11,13-14H2,1-3H3;1H/b12-9+;. The van der Waals surface area contributed by atoms with Crippen LogP contribution < -0.4 is 0 Å². The first-order chi connectivity index (χ1) is 12.4. The summed E-state index contributed by atoms with van der Waals surface area (Å²) in [5, 5.41) is 10.9. The second-order valence-electron chi connectivity index (χ2n) is 7.43. The van der Waals surface area contributed by atoms with E-state index < -0.39 is 4.92 Å². The Balaban J connectivity index is 0.00000364.